The molecule has 0 unspecified atom stereocenters. The van der Waals surface area contributed by atoms with Crippen LogP contribution in [-0.2, 0) is 16.4 Å². The highest BCUT2D eigenvalue weighted by Crippen LogP contribution is 2.50. The Labute approximate surface area is 244 Å². The van der Waals surface area contributed by atoms with E-state index in [2.05, 4.69) is 28.6 Å². The fourth-order valence-corrected chi connectivity index (χ4v) is 5.75. The quantitative estimate of drug-likeness (QED) is 0.356. The maximum Gasteiger partial charge on any atom is 0.490 e. The molecule has 238 valence electrons. The molecular formula is C28H33F6N3O6. The van der Waals surface area contributed by atoms with Gasteiger partial charge >= 0.3 is 24.4 Å². The van der Waals surface area contributed by atoms with E-state index in [1.54, 1.807) is 14.2 Å². The first-order valence-corrected chi connectivity index (χ1v) is 13.1. The van der Waals surface area contributed by atoms with Crippen LogP contribution in [0.15, 0.2) is 36.4 Å². The van der Waals surface area contributed by atoms with Crippen molar-refractivity contribution in [2.24, 2.45) is 0 Å². The summed E-state index contributed by atoms with van der Waals surface area (Å²) in [4.78, 5) is 23.9. The zero-order valence-electron chi connectivity index (χ0n) is 23.9. The highest BCUT2D eigenvalue weighted by atomic mass is 19.4. The fourth-order valence-electron chi connectivity index (χ4n) is 5.75. The summed E-state index contributed by atoms with van der Waals surface area (Å²) in [5, 5.41) is 12.6. The number of likely N-dealkylation sites (N-methyl/N-ethyl adjacent to an activating group) is 1. The van der Waals surface area contributed by atoms with Crippen molar-refractivity contribution in [1.82, 2.24) is 10.2 Å². The number of hydrogen-bond acceptors (Lipinski definition) is 6. The number of alkyl halides is 6. The smallest absolute Gasteiger partial charge is 0.490 e. The van der Waals surface area contributed by atoms with Crippen LogP contribution in [0.2, 0.25) is 0 Å². The van der Waals surface area contributed by atoms with Crippen LogP contribution < -0.4 is 24.8 Å². The van der Waals surface area contributed by atoms with Crippen LogP contribution in [0.25, 0.3) is 0 Å². The minimum Gasteiger partial charge on any atom is -0.496 e. The normalized spacial score (nSPS) is 22.0. The topological polar surface area (TPSA) is 109 Å². The summed E-state index contributed by atoms with van der Waals surface area (Å²) in [7, 11) is 6.50. The summed E-state index contributed by atoms with van der Waals surface area (Å²) in [6, 6.07) is 9.11. The van der Waals surface area contributed by atoms with E-state index in [0.29, 0.717) is 11.5 Å². The fraction of sp³-hybridized carbons (Fsp3) is 0.500. The number of benzene rings is 2. The molecule has 4 rings (SSSR count). The van der Waals surface area contributed by atoms with Crippen molar-refractivity contribution < 1.29 is 55.2 Å². The number of rotatable bonds is 6. The summed E-state index contributed by atoms with van der Waals surface area (Å²) in [5.41, 5.74) is 0.234. The zero-order chi connectivity index (χ0) is 32.2. The third kappa shape index (κ3) is 7.75. The van der Waals surface area contributed by atoms with E-state index in [0.717, 1.165) is 38.3 Å². The maximum atomic E-state index is 13.3. The molecule has 2 aromatic rings. The molecule has 9 nitrogen and oxygen atoms in total. The van der Waals surface area contributed by atoms with Gasteiger partial charge in [0, 0.05) is 23.2 Å². The number of urea groups is 1. The predicted molar refractivity (Wildman–Crippen MR) is 144 cm³/mol. The van der Waals surface area contributed by atoms with Crippen molar-refractivity contribution in [3.8, 4) is 17.2 Å². The number of halogens is 6. The number of carbonyl (C=O) groups excluding carboxylic acids is 1. The number of ether oxygens (including phenoxy) is 3. The molecule has 1 aliphatic heterocycles. The lowest BCUT2D eigenvalue weighted by atomic mass is 9.65. The number of nitrogens with one attached hydrogen (secondary N) is 2. The molecule has 1 saturated carbocycles. The number of carbonyl (C=O) groups is 2. The first-order chi connectivity index (χ1) is 20.0. The number of aliphatic carboxylic acids is 1. The van der Waals surface area contributed by atoms with Gasteiger partial charge in [-0.05, 0) is 75.2 Å². The largest absolute Gasteiger partial charge is 0.496 e. The van der Waals surface area contributed by atoms with Gasteiger partial charge in [-0.25, -0.2) is 9.59 Å². The average molecular weight is 622 g/mol. The first-order valence-electron chi connectivity index (χ1n) is 13.1. The number of methoxy groups -OCH3 is 3. The monoisotopic (exact) mass is 621 g/mol. The van der Waals surface area contributed by atoms with Crippen molar-refractivity contribution in [1.29, 1.82) is 0 Å². The van der Waals surface area contributed by atoms with Gasteiger partial charge in [0.05, 0.1) is 26.9 Å². The Balaban J connectivity index is 0.000000646. The summed E-state index contributed by atoms with van der Waals surface area (Å²) in [6.07, 6.45) is -6.33. The highest BCUT2D eigenvalue weighted by molar-refractivity contribution is 5.89. The number of nitrogens with zero attached hydrogens (tertiary/aromatic N) is 1. The maximum absolute atomic E-state index is 13.3. The number of amides is 2. The van der Waals surface area contributed by atoms with Crippen molar-refractivity contribution in [2.75, 3.05) is 40.2 Å². The number of anilines is 1. The SMILES string of the molecule is COc1ccc([C@]23CC[C@H](NC(=O)Nc4ccc(OC)c(C(F)(F)F)c4)C[C@H]2N(C)CC3)cc1OC.O=C(O)C(F)(F)F. The lowest BCUT2D eigenvalue weighted by Crippen LogP contribution is -2.52. The standard InChI is InChI=1S/C26H32F3N3O4.C2HF3O2/c1-32-12-11-25(16-5-7-21(35-3)22(13-16)36-4)10-9-18(15-23(25)32)31-24(33)30-17-6-8-20(34-2)19(14-17)26(27,28)29;3-2(4,5)1(6)7/h5-8,13-14,18,23H,9-12,15H2,1-4H3,(H2,30,31,33);(H,6,7)/t18-,23+,25+;/m0./s1. The van der Waals surface area contributed by atoms with E-state index >= 15 is 0 Å². The molecule has 0 bridgehead atoms. The molecule has 3 N–H and O–H groups in total. The Bertz CT molecular complexity index is 1300. The van der Waals surface area contributed by atoms with E-state index in [1.165, 1.54) is 24.8 Å². The molecule has 1 saturated heterocycles. The van der Waals surface area contributed by atoms with Crippen molar-refractivity contribution in [2.45, 2.75) is 55.5 Å². The first kappa shape index (κ1) is 33.6. The molecule has 2 amide bonds. The van der Waals surface area contributed by atoms with Crippen molar-refractivity contribution in [3.05, 3.63) is 47.5 Å². The van der Waals surface area contributed by atoms with Gasteiger partial charge in [-0.15, -0.1) is 0 Å². The van der Waals surface area contributed by atoms with Gasteiger partial charge in [-0.1, -0.05) is 6.07 Å². The number of carboxylic acids is 1. The number of fused-ring (bicyclic) bond motifs is 1. The predicted octanol–water partition coefficient (Wildman–Crippen LogP) is 5.68. The Kier molecular flexibility index (Phi) is 10.3. The zero-order valence-corrected chi connectivity index (χ0v) is 23.9. The number of likely N-dealkylation sites (tertiary alicyclic amines) is 1. The molecule has 2 fully saturated rings. The molecule has 1 aliphatic carbocycles. The Morgan fingerprint density at radius 1 is 0.930 bits per heavy atom. The van der Waals surface area contributed by atoms with E-state index in [4.69, 9.17) is 24.1 Å². The summed E-state index contributed by atoms with van der Waals surface area (Å²) < 4.78 is 87.5. The molecule has 0 aromatic heterocycles. The van der Waals surface area contributed by atoms with Crippen LogP contribution in [0.3, 0.4) is 0 Å². The molecule has 1 heterocycles. The molecule has 43 heavy (non-hydrogen) atoms. The lowest BCUT2D eigenvalue weighted by Gasteiger charge is -2.45. The molecular weight excluding hydrogens is 588 g/mol. The Morgan fingerprint density at radius 2 is 1.53 bits per heavy atom. The number of carboxylic acid groups (broad SMARTS) is 1. The van der Waals surface area contributed by atoms with Crippen LogP contribution in [0.1, 0.15) is 36.8 Å². The second-order valence-corrected chi connectivity index (χ2v) is 10.3. The van der Waals surface area contributed by atoms with Crippen LogP contribution in [0.5, 0.6) is 17.2 Å². The minimum atomic E-state index is -5.08. The molecule has 2 aliphatic rings. The van der Waals surface area contributed by atoms with E-state index in [-0.39, 0.29) is 28.9 Å². The van der Waals surface area contributed by atoms with Gasteiger partial charge in [0.15, 0.2) is 11.5 Å². The van der Waals surface area contributed by atoms with Crippen LogP contribution in [0, 0.1) is 0 Å². The van der Waals surface area contributed by atoms with Crippen molar-refractivity contribution in [3.63, 3.8) is 0 Å². The second kappa shape index (κ2) is 13.2. The molecule has 2 aromatic carbocycles. The summed E-state index contributed by atoms with van der Waals surface area (Å²) in [6.45, 7) is 0.935. The Morgan fingerprint density at radius 3 is 2.09 bits per heavy atom. The van der Waals surface area contributed by atoms with Gasteiger partial charge in [0.2, 0.25) is 0 Å². The van der Waals surface area contributed by atoms with E-state index < -0.39 is 29.9 Å². The number of hydrogen-bond donors (Lipinski definition) is 3. The lowest BCUT2D eigenvalue weighted by molar-refractivity contribution is -0.192. The van der Waals surface area contributed by atoms with E-state index in [1.807, 2.05) is 12.1 Å². The molecule has 3 atom stereocenters. The van der Waals surface area contributed by atoms with Gasteiger partial charge < -0.3 is 34.9 Å². The second-order valence-electron chi connectivity index (χ2n) is 10.3. The van der Waals surface area contributed by atoms with Gasteiger partial charge in [0.1, 0.15) is 5.75 Å². The van der Waals surface area contributed by atoms with Gasteiger partial charge in [0.25, 0.3) is 0 Å². The molecule has 0 spiro atoms. The van der Waals surface area contributed by atoms with Gasteiger partial charge in [-0.3, -0.25) is 0 Å². The van der Waals surface area contributed by atoms with Crippen molar-refractivity contribution >= 4 is 17.7 Å². The van der Waals surface area contributed by atoms with Gasteiger partial charge in [-0.2, -0.15) is 26.3 Å². The summed E-state index contributed by atoms with van der Waals surface area (Å²) >= 11 is 0. The summed E-state index contributed by atoms with van der Waals surface area (Å²) in [5.74, 6) is -1.68. The molecule has 0 radical (unpaired) electrons. The third-order valence-electron chi connectivity index (χ3n) is 7.83. The van der Waals surface area contributed by atoms with E-state index in [9.17, 15) is 31.1 Å². The highest BCUT2D eigenvalue weighted by Gasteiger charge is 2.50. The van der Waals surface area contributed by atoms with Crippen LogP contribution in [0.4, 0.5) is 36.8 Å². The Hall–Kier alpha value is -3.88. The van der Waals surface area contributed by atoms with Crippen LogP contribution in [-0.4, -0.2) is 75.2 Å². The average Bonchev–Trinajstić information content (AvgIpc) is 3.28. The van der Waals surface area contributed by atoms with Crippen LogP contribution >= 0.6 is 0 Å². The molecule has 15 heteroatoms. The minimum absolute atomic E-state index is 0.0501. The third-order valence-corrected chi connectivity index (χ3v) is 7.83.